The van der Waals surface area contributed by atoms with Gasteiger partial charge < -0.3 is 20.6 Å². The van der Waals surface area contributed by atoms with E-state index in [9.17, 15) is 15.3 Å². The highest BCUT2D eigenvalue weighted by molar-refractivity contribution is 5.19. The molecule has 0 radical (unpaired) electrons. The zero-order valence-electron chi connectivity index (χ0n) is 22.9. The second-order valence-corrected chi connectivity index (χ2v) is 15.0. The zero-order chi connectivity index (χ0) is 24.7. The average molecular weight is 476 g/mol. The smallest absolute Gasteiger partial charge is 0.0652 e. The van der Waals surface area contributed by atoms with Gasteiger partial charge in [-0.25, -0.2) is 0 Å². The van der Waals surface area contributed by atoms with Crippen LogP contribution in [0.15, 0.2) is 0 Å². The van der Waals surface area contributed by atoms with Crippen molar-refractivity contribution in [3.63, 3.8) is 0 Å². The summed E-state index contributed by atoms with van der Waals surface area (Å²) in [6, 6.07) is 0.721. The molecule has 4 nitrogen and oxygen atoms in total. The van der Waals surface area contributed by atoms with Gasteiger partial charge in [-0.1, -0.05) is 34.6 Å². The average Bonchev–Trinajstić information content (AvgIpc) is 3.50. The van der Waals surface area contributed by atoms with Crippen molar-refractivity contribution in [2.75, 3.05) is 6.54 Å². The summed E-state index contributed by atoms with van der Waals surface area (Å²) in [6.07, 6.45) is 11.2. The normalized spacial score (nSPS) is 51.8. The first-order chi connectivity index (χ1) is 15.8. The Balaban J connectivity index is 1.39. The Morgan fingerprint density at radius 1 is 0.853 bits per heavy atom. The molecule has 34 heavy (non-hydrogen) atoms. The van der Waals surface area contributed by atoms with Crippen LogP contribution in [-0.4, -0.2) is 45.7 Å². The third kappa shape index (κ3) is 3.59. The molecule has 4 N–H and O–H groups in total. The van der Waals surface area contributed by atoms with Gasteiger partial charge in [0.25, 0.3) is 0 Å². The molecule has 5 aliphatic carbocycles. The first-order valence-corrected chi connectivity index (χ1v) is 14.6. The van der Waals surface area contributed by atoms with Crippen molar-refractivity contribution < 1.29 is 15.3 Å². The molecule has 5 saturated carbocycles. The summed E-state index contributed by atoms with van der Waals surface area (Å²) in [7, 11) is 0. The Morgan fingerprint density at radius 3 is 2.21 bits per heavy atom. The Bertz CT molecular complexity index is 777. The Hall–Kier alpha value is -0.160. The summed E-state index contributed by atoms with van der Waals surface area (Å²) in [5.41, 5.74) is -0.369. The van der Waals surface area contributed by atoms with Gasteiger partial charge >= 0.3 is 0 Å². The summed E-state index contributed by atoms with van der Waals surface area (Å²) in [5.74, 6) is 1.35. The highest BCUT2D eigenvalue weighted by atomic mass is 16.3. The van der Waals surface area contributed by atoms with Crippen molar-refractivity contribution in [3.05, 3.63) is 0 Å². The van der Waals surface area contributed by atoms with Crippen molar-refractivity contribution in [2.45, 2.75) is 136 Å². The Labute approximate surface area is 208 Å². The minimum atomic E-state index is -0.712. The molecule has 196 valence electrons. The zero-order valence-corrected chi connectivity index (χ0v) is 22.9. The lowest BCUT2D eigenvalue weighted by atomic mass is 9.35. The molecule has 5 fully saturated rings. The Morgan fingerprint density at radius 2 is 1.53 bits per heavy atom. The van der Waals surface area contributed by atoms with Gasteiger partial charge in [-0.05, 0) is 129 Å². The van der Waals surface area contributed by atoms with E-state index < -0.39 is 5.60 Å². The second-order valence-electron chi connectivity index (χ2n) is 15.0. The van der Waals surface area contributed by atoms with Crippen molar-refractivity contribution in [2.24, 2.45) is 45.3 Å². The maximum absolute atomic E-state index is 11.8. The van der Waals surface area contributed by atoms with Gasteiger partial charge in [0.15, 0.2) is 0 Å². The minimum Gasteiger partial charge on any atom is -0.393 e. The predicted octanol–water partition coefficient (Wildman–Crippen LogP) is 5.29. The van der Waals surface area contributed by atoms with E-state index in [0.29, 0.717) is 11.8 Å². The molecule has 0 heterocycles. The number of rotatable bonds is 6. The van der Waals surface area contributed by atoms with Crippen LogP contribution >= 0.6 is 0 Å². The summed E-state index contributed by atoms with van der Waals surface area (Å²) in [5, 5.41) is 38.0. The van der Waals surface area contributed by atoms with Crippen molar-refractivity contribution in [1.82, 2.24) is 5.32 Å². The first-order valence-electron chi connectivity index (χ1n) is 14.6. The van der Waals surface area contributed by atoms with Gasteiger partial charge in [-0.2, -0.15) is 0 Å². The SMILES string of the molecule is CC1(C)C2CC[C@]3(C)C(C[C@@H](O)C4[C@@H]([C@@](C)(O)CCCNC5CC5)CC[C@]43C)[C@@]2(C)CC[C@@H]1O. The van der Waals surface area contributed by atoms with Gasteiger partial charge in [0.05, 0.1) is 17.8 Å². The van der Waals surface area contributed by atoms with Crippen LogP contribution in [0.5, 0.6) is 0 Å². The molecule has 0 saturated heterocycles. The van der Waals surface area contributed by atoms with Gasteiger partial charge in [0, 0.05) is 6.04 Å². The van der Waals surface area contributed by atoms with E-state index in [2.05, 4.69) is 46.9 Å². The number of aliphatic hydroxyl groups is 3. The third-order valence-electron chi connectivity index (χ3n) is 13.0. The molecule has 0 amide bonds. The molecule has 5 aliphatic rings. The second kappa shape index (κ2) is 8.17. The summed E-state index contributed by atoms with van der Waals surface area (Å²) in [4.78, 5) is 0. The summed E-state index contributed by atoms with van der Waals surface area (Å²) >= 11 is 0. The standard InChI is InChI=1S/C30H53NO3/c1-26(2)22-11-16-28(4)23(27(22,3)14-12-24(26)33)18-21(32)25-20(10-15-29(25,28)5)30(6,34)13-7-17-31-19-8-9-19/h19-25,31-34H,7-18H2,1-6H3/t20-,21+,22?,23?,24-,25?,27-,28+,29+,30-/m0/s1. The van der Waals surface area contributed by atoms with Gasteiger partial charge in [-0.15, -0.1) is 0 Å². The van der Waals surface area contributed by atoms with Crippen molar-refractivity contribution >= 4 is 0 Å². The lowest BCUT2D eigenvalue weighted by Gasteiger charge is -2.70. The molecular formula is C30H53NO3. The topological polar surface area (TPSA) is 72.7 Å². The first kappa shape index (κ1) is 25.5. The minimum absolute atomic E-state index is 0.0600. The van der Waals surface area contributed by atoms with Crippen LogP contribution in [0.4, 0.5) is 0 Å². The van der Waals surface area contributed by atoms with Crippen LogP contribution in [0.1, 0.15) is 112 Å². The van der Waals surface area contributed by atoms with Crippen molar-refractivity contribution in [3.8, 4) is 0 Å². The molecule has 0 aliphatic heterocycles. The van der Waals surface area contributed by atoms with Gasteiger partial charge in [0.1, 0.15) is 0 Å². The summed E-state index contributed by atoms with van der Waals surface area (Å²) < 4.78 is 0. The lowest BCUT2D eigenvalue weighted by molar-refractivity contribution is -0.246. The monoisotopic (exact) mass is 475 g/mol. The number of nitrogens with one attached hydrogen (secondary N) is 1. The number of hydrogen-bond donors (Lipinski definition) is 4. The molecule has 0 aromatic heterocycles. The van der Waals surface area contributed by atoms with Crippen LogP contribution < -0.4 is 5.32 Å². The third-order valence-corrected chi connectivity index (χ3v) is 13.0. The summed E-state index contributed by atoms with van der Waals surface area (Å²) in [6.45, 7) is 15.2. The molecule has 0 aromatic carbocycles. The van der Waals surface area contributed by atoms with E-state index in [4.69, 9.17) is 0 Å². The number of aliphatic hydroxyl groups excluding tert-OH is 2. The lowest BCUT2D eigenvalue weighted by Crippen LogP contribution is -2.66. The molecule has 5 rings (SSSR count). The van der Waals surface area contributed by atoms with Crippen LogP contribution in [0.2, 0.25) is 0 Å². The number of fused-ring (bicyclic) bond motifs is 5. The van der Waals surface area contributed by atoms with Gasteiger partial charge in [-0.3, -0.25) is 0 Å². The molecule has 0 aromatic rings. The fraction of sp³-hybridized carbons (Fsp3) is 1.00. The predicted molar refractivity (Wildman–Crippen MR) is 137 cm³/mol. The molecular weight excluding hydrogens is 422 g/mol. The van der Waals surface area contributed by atoms with Crippen LogP contribution in [-0.2, 0) is 0 Å². The van der Waals surface area contributed by atoms with E-state index in [1.807, 2.05) is 0 Å². The van der Waals surface area contributed by atoms with Crippen LogP contribution in [0.25, 0.3) is 0 Å². The van der Waals surface area contributed by atoms with E-state index >= 15 is 0 Å². The van der Waals surface area contributed by atoms with Crippen LogP contribution in [0.3, 0.4) is 0 Å². The molecule has 3 unspecified atom stereocenters. The maximum atomic E-state index is 11.8. The van der Waals surface area contributed by atoms with E-state index in [-0.39, 0.29) is 45.7 Å². The molecule has 0 spiro atoms. The van der Waals surface area contributed by atoms with E-state index in [1.165, 1.54) is 25.7 Å². The molecule has 10 atom stereocenters. The van der Waals surface area contributed by atoms with Crippen molar-refractivity contribution in [1.29, 1.82) is 0 Å². The Kier molecular flexibility index (Phi) is 6.12. The highest BCUT2D eigenvalue weighted by Crippen LogP contribution is 2.75. The number of hydrogen-bond acceptors (Lipinski definition) is 4. The largest absolute Gasteiger partial charge is 0.393 e. The van der Waals surface area contributed by atoms with E-state index in [0.717, 1.165) is 57.5 Å². The fourth-order valence-corrected chi connectivity index (χ4v) is 10.7. The maximum Gasteiger partial charge on any atom is 0.0652 e. The van der Waals surface area contributed by atoms with Crippen LogP contribution in [0, 0.1) is 45.3 Å². The van der Waals surface area contributed by atoms with E-state index in [1.54, 1.807) is 0 Å². The quantitative estimate of drug-likeness (QED) is 0.394. The highest BCUT2D eigenvalue weighted by Gasteiger charge is 2.71. The molecule has 0 bridgehead atoms. The van der Waals surface area contributed by atoms with Gasteiger partial charge in [0.2, 0.25) is 0 Å². The fourth-order valence-electron chi connectivity index (χ4n) is 10.7. The molecule has 4 heteroatoms.